The summed E-state index contributed by atoms with van der Waals surface area (Å²) in [5.41, 5.74) is 10.3. The second kappa shape index (κ2) is 6.72. The van der Waals surface area contributed by atoms with Crippen LogP contribution in [-0.2, 0) is 19.9 Å². The van der Waals surface area contributed by atoms with Crippen molar-refractivity contribution in [3.63, 3.8) is 0 Å². The average molecular weight is 419 g/mol. The number of aromatic nitrogens is 6. The highest BCUT2D eigenvalue weighted by Gasteiger charge is 2.29. The van der Waals surface area contributed by atoms with Crippen molar-refractivity contribution in [2.45, 2.75) is 32.6 Å². The van der Waals surface area contributed by atoms with E-state index in [0.717, 1.165) is 40.4 Å². The minimum atomic E-state index is 0.121. The van der Waals surface area contributed by atoms with Crippen molar-refractivity contribution >= 4 is 5.57 Å². The minimum absolute atomic E-state index is 0.121. The summed E-state index contributed by atoms with van der Waals surface area (Å²) in [6, 6.07) is 10.8. The van der Waals surface area contributed by atoms with Gasteiger partial charge in [0.2, 0.25) is 0 Å². The summed E-state index contributed by atoms with van der Waals surface area (Å²) in [7, 11) is 1.80. The zero-order valence-electron chi connectivity index (χ0n) is 18.2. The van der Waals surface area contributed by atoms with Crippen LogP contribution < -0.4 is 0 Å². The molecule has 0 spiro atoms. The molecular formula is C25H21N7. The fraction of sp³-hybridized carbons (Fsp3) is 0.240. The van der Waals surface area contributed by atoms with E-state index in [4.69, 9.17) is 15.1 Å². The molecule has 2 bridgehead atoms. The molecule has 0 saturated carbocycles. The van der Waals surface area contributed by atoms with Crippen LogP contribution in [-0.4, -0.2) is 29.5 Å². The van der Waals surface area contributed by atoms with Crippen LogP contribution in [0.2, 0.25) is 0 Å². The van der Waals surface area contributed by atoms with E-state index in [9.17, 15) is 5.26 Å². The van der Waals surface area contributed by atoms with E-state index in [-0.39, 0.29) is 5.92 Å². The standard InChI is InChI=1S/C25H21N7/c1-14-4-7-22-18(10-14)15(2)17-5-6-19-25(17)29-21(13-27-19)24-20(30-31(3)23(24)12-26)11-16-8-9-28-32(16)22/h4-5,7-10,13,15H,6,11H2,1-3H3/t15-/m0/s1. The molecule has 0 saturated heterocycles. The van der Waals surface area contributed by atoms with Gasteiger partial charge in [0.25, 0.3) is 0 Å². The number of hydrogen-bond acceptors (Lipinski definition) is 5. The lowest BCUT2D eigenvalue weighted by Gasteiger charge is -2.21. The third kappa shape index (κ3) is 2.59. The van der Waals surface area contributed by atoms with Crippen molar-refractivity contribution in [2.24, 2.45) is 7.05 Å². The van der Waals surface area contributed by atoms with Crippen molar-refractivity contribution in [2.75, 3.05) is 0 Å². The Labute approximate surface area is 185 Å². The first-order valence-electron chi connectivity index (χ1n) is 10.7. The molecule has 1 aliphatic carbocycles. The van der Waals surface area contributed by atoms with Gasteiger partial charge in [0, 0.05) is 32.0 Å². The Morgan fingerprint density at radius 1 is 1.19 bits per heavy atom. The maximum Gasteiger partial charge on any atom is 0.147 e. The monoisotopic (exact) mass is 419 g/mol. The largest absolute Gasteiger partial charge is 0.257 e. The molecule has 3 aromatic heterocycles. The summed E-state index contributed by atoms with van der Waals surface area (Å²) in [6.07, 6.45) is 7.14. The number of fused-ring (bicyclic) bond motifs is 6. The first-order valence-corrected chi connectivity index (χ1v) is 10.7. The predicted octanol–water partition coefficient (Wildman–Crippen LogP) is 3.89. The van der Waals surface area contributed by atoms with E-state index < -0.39 is 0 Å². The van der Waals surface area contributed by atoms with Gasteiger partial charge in [-0.15, -0.1) is 0 Å². The molecule has 1 aromatic carbocycles. The average Bonchev–Trinajstić information content (AvgIpc) is 3.49. The van der Waals surface area contributed by atoms with Crippen molar-refractivity contribution in [3.8, 4) is 23.0 Å². The van der Waals surface area contributed by atoms with E-state index in [2.05, 4.69) is 49.3 Å². The zero-order chi connectivity index (χ0) is 22.0. The summed E-state index contributed by atoms with van der Waals surface area (Å²) in [4.78, 5) is 9.78. The van der Waals surface area contributed by atoms with Gasteiger partial charge >= 0.3 is 0 Å². The lowest BCUT2D eigenvalue weighted by molar-refractivity contribution is 0.730. The first-order chi connectivity index (χ1) is 15.5. The maximum atomic E-state index is 9.87. The smallest absolute Gasteiger partial charge is 0.147 e. The molecule has 0 unspecified atom stereocenters. The van der Waals surface area contributed by atoms with Crippen LogP contribution in [0.25, 0.3) is 22.5 Å². The molecule has 0 fully saturated rings. The molecule has 32 heavy (non-hydrogen) atoms. The Morgan fingerprint density at radius 3 is 2.91 bits per heavy atom. The SMILES string of the molecule is Cc1ccc2c(c1)[C@@H](C)C1=CCc3ncc(nc31)-c1c(nn(C)c1C#N)Cc1ccnn1-2. The molecule has 0 radical (unpaired) electrons. The van der Waals surface area contributed by atoms with E-state index in [1.807, 2.05) is 16.9 Å². The Kier molecular flexibility index (Phi) is 3.93. The van der Waals surface area contributed by atoms with Gasteiger partial charge in [-0.25, -0.2) is 9.67 Å². The van der Waals surface area contributed by atoms with Crippen LogP contribution in [0.15, 0.2) is 42.7 Å². The molecule has 1 aliphatic heterocycles. The molecule has 4 heterocycles. The molecule has 1 atom stereocenters. The van der Waals surface area contributed by atoms with E-state index >= 15 is 0 Å². The topological polar surface area (TPSA) is 85.2 Å². The fourth-order valence-electron chi connectivity index (χ4n) is 4.94. The van der Waals surface area contributed by atoms with Crippen LogP contribution >= 0.6 is 0 Å². The number of allylic oxidation sites excluding steroid dienone is 2. The highest BCUT2D eigenvalue weighted by Crippen LogP contribution is 2.41. The van der Waals surface area contributed by atoms with Crippen LogP contribution in [0.1, 0.15) is 52.4 Å². The number of rotatable bonds is 0. The molecule has 2 aliphatic rings. The normalized spacial score (nSPS) is 16.2. The zero-order valence-corrected chi connectivity index (χ0v) is 18.2. The van der Waals surface area contributed by atoms with Crippen LogP contribution in [0.4, 0.5) is 0 Å². The van der Waals surface area contributed by atoms with Crippen molar-refractivity contribution in [1.82, 2.24) is 29.5 Å². The lowest BCUT2D eigenvalue weighted by atomic mass is 9.89. The summed E-state index contributed by atoms with van der Waals surface area (Å²) in [5.74, 6) is 0.121. The molecule has 0 N–H and O–H groups in total. The molecule has 7 nitrogen and oxygen atoms in total. The molecule has 6 rings (SSSR count). The quantitative estimate of drug-likeness (QED) is 0.432. The lowest BCUT2D eigenvalue weighted by Crippen LogP contribution is -2.11. The third-order valence-corrected chi connectivity index (χ3v) is 6.53. The third-order valence-electron chi connectivity index (χ3n) is 6.53. The minimum Gasteiger partial charge on any atom is -0.257 e. The van der Waals surface area contributed by atoms with Gasteiger partial charge in [-0.05, 0) is 30.2 Å². The maximum absolute atomic E-state index is 9.87. The second-order valence-electron chi connectivity index (χ2n) is 8.51. The van der Waals surface area contributed by atoms with Gasteiger partial charge in [-0.3, -0.25) is 9.67 Å². The van der Waals surface area contributed by atoms with Crippen molar-refractivity contribution < 1.29 is 0 Å². The highest BCUT2D eigenvalue weighted by molar-refractivity contribution is 5.78. The molecule has 7 heteroatoms. The Morgan fingerprint density at radius 2 is 2.06 bits per heavy atom. The summed E-state index contributed by atoms with van der Waals surface area (Å²) >= 11 is 0. The molecule has 4 aromatic rings. The molecular weight excluding hydrogens is 398 g/mol. The van der Waals surface area contributed by atoms with Crippen molar-refractivity contribution in [1.29, 1.82) is 5.26 Å². The Bertz CT molecular complexity index is 1480. The van der Waals surface area contributed by atoms with Crippen molar-refractivity contribution in [3.05, 3.63) is 82.3 Å². The number of hydrogen-bond donors (Lipinski definition) is 0. The van der Waals surface area contributed by atoms with Gasteiger partial charge in [0.05, 0.1) is 45.9 Å². The van der Waals surface area contributed by atoms with E-state index in [0.29, 0.717) is 17.8 Å². The van der Waals surface area contributed by atoms with Gasteiger partial charge in [0.15, 0.2) is 0 Å². The van der Waals surface area contributed by atoms with Crippen LogP contribution in [0.5, 0.6) is 0 Å². The van der Waals surface area contributed by atoms with Crippen LogP contribution in [0.3, 0.4) is 0 Å². The Hall–Kier alpha value is -4.05. The summed E-state index contributed by atoms with van der Waals surface area (Å²) < 4.78 is 3.64. The number of benzene rings is 1. The first kappa shape index (κ1) is 18.7. The Balaban J connectivity index is 1.70. The molecule has 0 amide bonds. The summed E-state index contributed by atoms with van der Waals surface area (Å²) in [6.45, 7) is 4.34. The highest BCUT2D eigenvalue weighted by atomic mass is 15.3. The number of aryl methyl sites for hydroxylation is 2. The molecule has 156 valence electrons. The van der Waals surface area contributed by atoms with Gasteiger partial charge in [0.1, 0.15) is 11.8 Å². The van der Waals surface area contributed by atoms with Gasteiger partial charge in [-0.2, -0.15) is 15.5 Å². The van der Waals surface area contributed by atoms with Gasteiger partial charge in [-0.1, -0.05) is 30.7 Å². The fourth-order valence-corrected chi connectivity index (χ4v) is 4.94. The summed E-state index contributed by atoms with van der Waals surface area (Å²) in [5, 5.41) is 19.2. The number of nitriles is 1. The van der Waals surface area contributed by atoms with E-state index in [1.165, 1.54) is 16.7 Å². The van der Waals surface area contributed by atoms with Crippen LogP contribution in [0, 0.1) is 18.3 Å². The van der Waals surface area contributed by atoms with Gasteiger partial charge < -0.3 is 0 Å². The predicted molar refractivity (Wildman–Crippen MR) is 120 cm³/mol. The van der Waals surface area contributed by atoms with E-state index in [1.54, 1.807) is 17.9 Å². The second-order valence-corrected chi connectivity index (χ2v) is 8.51. The number of nitrogens with zero attached hydrogens (tertiary/aromatic N) is 7.